The summed E-state index contributed by atoms with van der Waals surface area (Å²) in [6, 6.07) is 2.36. The van der Waals surface area contributed by atoms with Gasteiger partial charge in [-0.3, -0.25) is 0 Å². The van der Waals surface area contributed by atoms with Crippen LogP contribution in [-0.2, 0) is 10.0 Å². The van der Waals surface area contributed by atoms with Gasteiger partial charge in [0.2, 0.25) is 10.0 Å². The third kappa shape index (κ3) is 3.85. The zero-order valence-corrected chi connectivity index (χ0v) is 13.9. The summed E-state index contributed by atoms with van der Waals surface area (Å²) < 4.78 is 37.6. The molecule has 0 bridgehead atoms. The van der Waals surface area contributed by atoms with Crippen LogP contribution in [-0.4, -0.2) is 40.4 Å². The summed E-state index contributed by atoms with van der Waals surface area (Å²) in [4.78, 5) is 0.0297. The fourth-order valence-electron chi connectivity index (χ4n) is 1.57. The summed E-state index contributed by atoms with van der Waals surface area (Å²) in [6.07, 6.45) is 0.487. The van der Waals surface area contributed by atoms with Gasteiger partial charge in [-0.2, -0.15) is 0 Å². The molecule has 20 heavy (non-hydrogen) atoms. The molecule has 0 saturated carbocycles. The second-order valence-corrected chi connectivity index (χ2v) is 6.58. The second-order valence-electron chi connectivity index (χ2n) is 4.05. The standard InChI is InChI=1S/C12H18BrNO5S/c1-4-8(7-15)14-20(16,17)12-6-11(19-3)10(18-2)5-9(12)13/h5-6,8,14-15H,4,7H2,1-3H3. The van der Waals surface area contributed by atoms with Crippen LogP contribution in [0.15, 0.2) is 21.5 Å². The highest BCUT2D eigenvalue weighted by Crippen LogP contribution is 2.35. The molecular weight excluding hydrogens is 350 g/mol. The van der Waals surface area contributed by atoms with Crippen molar-refractivity contribution in [3.63, 3.8) is 0 Å². The van der Waals surface area contributed by atoms with E-state index < -0.39 is 16.1 Å². The maximum absolute atomic E-state index is 12.3. The minimum absolute atomic E-state index is 0.0297. The highest BCUT2D eigenvalue weighted by atomic mass is 79.9. The van der Waals surface area contributed by atoms with Crippen LogP contribution in [0.1, 0.15) is 13.3 Å². The predicted octanol–water partition coefficient (Wildman–Crippen LogP) is 1.52. The van der Waals surface area contributed by atoms with E-state index in [0.29, 0.717) is 22.4 Å². The molecule has 0 spiro atoms. The number of aliphatic hydroxyl groups is 1. The van der Waals surface area contributed by atoms with Crippen molar-refractivity contribution >= 4 is 26.0 Å². The first kappa shape index (κ1) is 17.2. The van der Waals surface area contributed by atoms with Crippen molar-refractivity contribution in [2.45, 2.75) is 24.3 Å². The van der Waals surface area contributed by atoms with Crippen LogP contribution < -0.4 is 14.2 Å². The van der Waals surface area contributed by atoms with E-state index in [0.717, 1.165) is 0 Å². The first-order valence-electron chi connectivity index (χ1n) is 5.94. The molecular formula is C12H18BrNO5S. The molecule has 6 nitrogen and oxygen atoms in total. The Morgan fingerprint density at radius 3 is 2.30 bits per heavy atom. The maximum Gasteiger partial charge on any atom is 0.242 e. The average molecular weight is 368 g/mol. The second kappa shape index (κ2) is 7.26. The molecule has 0 aliphatic carbocycles. The largest absolute Gasteiger partial charge is 0.493 e. The lowest BCUT2D eigenvalue weighted by Gasteiger charge is -2.16. The Morgan fingerprint density at radius 2 is 1.85 bits per heavy atom. The van der Waals surface area contributed by atoms with Gasteiger partial charge in [0, 0.05) is 16.6 Å². The number of hydrogen-bond donors (Lipinski definition) is 2. The van der Waals surface area contributed by atoms with Crippen LogP contribution in [0.2, 0.25) is 0 Å². The predicted molar refractivity (Wildman–Crippen MR) is 78.7 cm³/mol. The van der Waals surface area contributed by atoms with Crippen LogP contribution in [0.25, 0.3) is 0 Å². The van der Waals surface area contributed by atoms with Gasteiger partial charge in [-0.15, -0.1) is 0 Å². The van der Waals surface area contributed by atoms with Crippen molar-refractivity contribution in [2.24, 2.45) is 0 Å². The Kier molecular flexibility index (Phi) is 6.25. The quantitative estimate of drug-likeness (QED) is 0.762. The number of sulfonamides is 1. The van der Waals surface area contributed by atoms with Gasteiger partial charge in [-0.05, 0) is 28.4 Å². The summed E-state index contributed by atoms with van der Waals surface area (Å²) in [7, 11) is -0.868. The SMILES string of the molecule is CCC(CO)NS(=O)(=O)c1cc(OC)c(OC)cc1Br. The van der Waals surface area contributed by atoms with E-state index in [2.05, 4.69) is 20.7 Å². The van der Waals surface area contributed by atoms with Crippen LogP contribution in [0.3, 0.4) is 0 Å². The van der Waals surface area contributed by atoms with Crippen molar-refractivity contribution in [3.05, 3.63) is 16.6 Å². The molecule has 1 aromatic carbocycles. The van der Waals surface area contributed by atoms with Crippen molar-refractivity contribution in [2.75, 3.05) is 20.8 Å². The number of rotatable bonds is 7. The van der Waals surface area contributed by atoms with E-state index >= 15 is 0 Å². The van der Waals surface area contributed by atoms with Crippen LogP contribution in [0.5, 0.6) is 11.5 Å². The Labute approximate surface area is 127 Å². The molecule has 0 fully saturated rings. The molecule has 0 aliphatic rings. The van der Waals surface area contributed by atoms with Gasteiger partial charge in [0.05, 0.1) is 20.8 Å². The number of aliphatic hydroxyl groups excluding tert-OH is 1. The van der Waals surface area contributed by atoms with E-state index in [4.69, 9.17) is 14.6 Å². The van der Waals surface area contributed by atoms with Gasteiger partial charge >= 0.3 is 0 Å². The van der Waals surface area contributed by atoms with Gasteiger partial charge in [-0.25, -0.2) is 13.1 Å². The number of hydrogen-bond acceptors (Lipinski definition) is 5. The number of nitrogens with one attached hydrogen (secondary N) is 1. The number of benzene rings is 1. The van der Waals surface area contributed by atoms with E-state index in [9.17, 15) is 8.42 Å². The normalized spacial score (nSPS) is 13.1. The van der Waals surface area contributed by atoms with E-state index in [-0.39, 0.29) is 11.5 Å². The summed E-state index contributed by atoms with van der Waals surface area (Å²) in [5, 5.41) is 9.11. The number of ether oxygens (including phenoxy) is 2. The molecule has 2 N–H and O–H groups in total. The molecule has 114 valence electrons. The van der Waals surface area contributed by atoms with Crippen molar-refractivity contribution in [1.29, 1.82) is 0 Å². The zero-order chi connectivity index (χ0) is 15.3. The molecule has 8 heteroatoms. The Morgan fingerprint density at radius 1 is 1.30 bits per heavy atom. The molecule has 1 atom stereocenters. The smallest absolute Gasteiger partial charge is 0.242 e. The molecule has 0 aromatic heterocycles. The van der Waals surface area contributed by atoms with E-state index in [1.807, 2.05) is 0 Å². The highest BCUT2D eigenvalue weighted by Gasteiger charge is 2.23. The fourth-order valence-corrected chi connectivity index (χ4v) is 3.92. The lowest BCUT2D eigenvalue weighted by molar-refractivity contribution is 0.254. The molecule has 0 amide bonds. The van der Waals surface area contributed by atoms with Crippen LogP contribution in [0.4, 0.5) is 0 Å². The number of methoxy groups -OCH3 is 2. The Hall–Kier alpha value is -0.830. The summed E-state index contributed by atoms with van der Waals surface area (Å²) in [5.74, 6) is 0.737. The summed E-state index contributed by atoms with van der Waals surface area (Å²) >= 11 is 3.20. The third-order valence-corrected chi connectivity index (χ3v) is 5.24. The molecule has 0 heterocycles. The van der Waals surface area contributed by atoms with Crippen LogP contribution in [0, 0.1) is 0 Å². The van der Waals surface area contributed by atoms with E-state index in [1.165, 1.54) is 26.4 Å². The highest BCUT2D eigenvalue weighted by molar-refractivity contribution is 9.10. The topological polar surface area (TPSA) is 84.9 Å². The Bertz CT molecular complexity index is 557. The number of halogens is 1. The van der Waals surface area contributed by atoms with E-state index in [1.54, 1.807) is 6.92 Å². The first-order chi connectivity index (χ1) is 9.39. The minimum atomic E-state index is -3.76. The van der Waals surface area contributed by atoms with Gasteiger partial charge in [0.25, 0.3) is 0 Å². The lowest BCUT2D eigenvalue weighted by Crippen LogP contribution is -2.37. The zero-order valence-electron chi connectivity index (χ0n) is 11.5. The van der Waals surface area contributed by atoms with Gasteiger partial charge < -0.3 is 14.6 Å². The molecule has 1 aromatic rings. The van der Waals surface area contributed by atoms with Gasteiger partial charge in [-0.1, -0.05) is 6.92 Å². The maximum atomic E-state index is 12.3. The van der Waals surface area contributed by atoms with Crippen LogP contribution >= 0.6 is 15.9 Å². The van der Waals surface area contributed by atoms with Crippen molar-refractivity contribution in [1.82, 2.24) is 4.72 Å². The lowest BCUT2D eigenvalue weighted by atomic mass is 10.3. The molecule has 0 saturated heterocycles. The van der Waals surface area contributed by atoms with Crippen molar-refractivity contribution in [3.8, 4) is 11.5 Å². The van der Waals surface area contributed by atoms with Crippen molar-refractivity contribution < 1.29 is 23.0 Å². The average Bonchev–Trinajstić information content (AvgIpc) is 2.43. The fraction of sp³-hybridized carbons (Fsp3) is 0.500. The molecule has 1 unspecified atom stereocenters. The third-order valence-electron chi connectivity index (χ3n) is 2.76. The van der Waals surface area contributed by atoms with Gasteiger partial charge in [0.15, 0.2) is 11.5 Å². The molecule has 0 aliphatic heterocycles. The molecule has 0 radical (unpaired) electrons. The molecule has 1 rings (SSSR count). The Balaban J connectivity index is 3.24. The summed E-state index contributed by atoms with van der Waals surface area (Å²) in [5.41, 5.74) is 0. The monoisotopic (exact) mass is 367 g/mol. The first-order valence-corrected chi connectivity index (χ1v) is 8.21. The summed E-state index contributed by atoms with van der Waals surface area (Å²) in [6.45, 7) is 1.52. The van der Waals surface area contributed by atoms with Gasteiger partial charge in [0.1, 0.15) is 4.90 Å². The minimum Gasteiger partial charge on any atom is -0.493 e.